The predicted molar refractivity (Wildman–Crippen MR) is 63.2 cm³/mol. The number of ether oxygens (including phenoxy) is 1. The van der Waals surface area contributed by atoms with Gasteiger partial charge in [0.15, 0.2) is 0 Å². The second kappa shape index (κ2) is 4.16. The van der Waals surface area contributed by atoms with Crippen LogP contribution in [0.2, 0.25) is 0 Å². The SMILES string of the molecule is COC(=O)C(C)(Nc1ccccc1)C1CC1. The summed E-state index contributed by atoms with van der Waals surface area (Å²) in [6.45, 7) is 1.92. The molecule has 1 saturated carbocycles. The van der Waals surface area contributed by atoms with Crippen LogP contribution >= 0.6 is 0 Å². The van der Waals surface area contributed by atoms with Gasteiger partial charge in [0.25, 0.3) is 0 Å². The third-order valence-corrected chi connectivity index (χ3v) is 3.18. The van der Waals surface area contributed by atoms with Crippen molar-refractivity contribution in [2.45, 2.75) is 25.3 Å². The molecule has 3 heteroatoms. The zero-order valence-electron chi connectivity index (χ0n) is 9.69. The first-order chi connectivity index (χ1) is 7.66. The van der Waals surface area contributed by atoms with Gasteiger partial charge in [-0.1, -0.05) is 18.2 Å². The minimum atomic E-state index is -0.587. The van der Waals surface area contributed by atoms with Gasteiger partial charge in [0.05, 0.1) is 7.11 Å². The number of methoxy groups -OCH3 is 1. The molecule has 0 heterocycles. The van der Waals surface area contributed by atoms with Crippen molar-refractivity contribution in [3.63, 3.8) is 0 Å². The van der Waals surface area contributed by atoms with Crippen molar-refractivity contribution in [2.24, 2.45) is 5.92 Å². The molecule has 1 fully saturated rings. The van der Waals surface area contributed by atoms with E-state index in [1.54, 1.807) is 0 Å². The van der Waals surface area contributed by atoms with E-state index in [0.29, 0.717) is 5.92 Å². The lowest BCUT2D eigenvalue weighted by Crippen LogP contribution is -2.46. The number of benzene rings is 1. The number of rotatable bonds is 4. The first-order valence-electron chi connectivity index (χ1n) is 5.58. The Bertz CT molecular complexity index is 373. The Morgan fingerprint density at radius 1 is 1.38 bits per heavy atom. The van der Waals surface area contributed by atoms with Crippen molar-refractivity contribution < 1.29 is 9.53 Å². The smallest absolute Gasteiger partial charge is 0.331 e. The Labute approximate surface area is 95.8 Å². The highest BCUT2D eigenvalue weighted by Crippen LogP contribution is 2.42. The molecule has 1 atom stereocenters. The molecule has 0 bridgehead atoms. The minimum absolute atomic E-state index is 0.182. The van der Waals surface area contributed by atoms with Crippen molar-refractivity contribution in [2.75, 3.05) is 12.4 Å². The summed E-state index contributed by atoms with van der Waals surface area (Å²) in [5.74, 6) is 0.207. The summed E-state index contributed by atoms with van der Waals surface area (Å²) in [5.41, 5.74) is 0.373. The quantitative estimate of drug-likeness (QED) is 0.790. The van der Waals surface area contributed by atoms with Crippen molar-refractivity contribution in [1.82, 2.24) is 0 Å². The molecule has 1 aliphatic carbocycles. The molecule has 1 aromatic carbocycles. The molecule has 0 amide bonds. The fraction of sp³-hybridized carbons (Fsp3) is 0.462. The molecule has 1 aromatic rings. The third kappa shape index (κ3) is 2.03. The number of nitrogens with one attached hydrogen (secondary N) is 1. The maximum Gasteiger partial charge on any atom is 0.331 e. The number of para-hydroxylation sites is 1. The van der Waals surface area contributed by atoms with Crippen LogP contribution in [0.15, 0.2) is 30.3 Å². The molecule has 1 N–H and O–H groups in total. The fourth-order valence-electron chi connectivity index (χ4n) is 2.01. The van der Waals surface area contributed by atoms with Crippen LogP contribution in [0.3, 0.4) is 0 Å². The zero-order chi connectivity index (χ0) is 11.6. The van der Waals surface area contributed by atoms with Gasteiger partial charge in [-0.2, -0.15) is 0 Å². The summed E-state index contributed by atoms with van der Waals surface area (Å²) in [4.78, 5) is 11.8. The predicted octanol–water partition coefficient (Wildman–Crippen LogP) is 2.44. The van der Waals surface area contributed by atoms with E-state index in [1.165, 1.54) is 7.11 Å². The first kappa shape index (κ1) is 11.0. The Kier molecular flexibility index (Phi) is 2.86. The molecule has 0 aliphatic heterocycles. The number of esters is 1. The molecule has 0 saturated heterocycles. The van der Waals surface area contributed by atoms with Crippen LogP contribution in [0.25, 0.3) is 0 Å². The maximum atomic E-state index is 11.8. The number of carbonyl (C=O) groups is 1. The molecular weight excluding hydrogens is 202 g/mol. The lowest BCUT2D eigenvalue weighted by molar-refractivity contribution is -0.146. The van der Waals surface area contributed by atoms with E-state index in [2.05, 4.69) is 5.32 Å². The van der Waals surface area contributed by atoms with Crippen molar-refractivity contribution in [3.05, 3.63) is 30.3 Å². The topological polar surface area (TPSA) is 38.3 Å². The number of hydrogen-bond acceptors (Lipinski definition) is 3. The minimum Gasteiger partial charge on any atom is -0.467 e. The maximum absolute atomic E-state index is 11.8. The first-order valence-corrected chi connectivity index (χ1v) is 5.58. The molecular formula is C13H17NO2. The number of hydrogen-bond donors (Lipinski definition) is 1. The third-order valence-electron chi connectivity index (χ3n) is 3.18. The van der Waals surface area contributed by atoms with Crippen LogP contribution in [-0.4, -0.2) is 18.6 Å². The van der Waals surface area contributed by atoms with Gasteiger partial charge in [0.1, 0.15) is 5.54 Å². The number of carbonyl (C=O) groups excluding carboxylic acids is 1. The van der Waals surface area contributed by atoms with Gasteiger partial charge < -0.3 is 10.1 Å². The van der Waals surface area contributed by atoms with E-state index in [0.717, 1.165) is 18.5 Å². The number of anilines is 1. The van der Waals surface area contributed by atoms with Crippen LogP contribution in [0.5, 0.6) is 0 Å². The average molecular weight is 219 g/mol. The second-order valence-corrected chi connectivity index (χ2v) is 4.46. The molecule has 16 heavy (non-hydrogen) atoms. The molecule has 1 aliphatic rings. The average Bonchev–Trinajstić information content (AvgIpc) is 3.13. The molecule has 2 rings (SSSR count). The van der Waals surface area contributed by atoms with E-state index in [-0.39, 0.29) is 5.97 Å². The Morgan fingerprint density at radius 3 is 2.50 bits per heavy atom. The summed E-state index contributed by atoms with van der Waals surface area (Å²) < 4.78 is 4.89. The molecule has 86 valence electrons. The zero-order valence-corrected chi connectivity index (χ0v) is 9.69. The van der Waals surface area contributed by atoms with Gasteiger partial charge in [-0.25, -0.2) is 4.79 Å². The van der Waals surface area contributed by atoms with E-state index in [9.17, 15) is 4.79 Å². The summed E-state index contributed by atoms with van der Waals surface area (Å²) in [6.07, 6.45) is 2.18. The Morgan fingerprint density at radius 2 is 2.00 bits per heavy atom. The van der Waals surface area contributed by atoms with E-state index in [4.69, 9.17) is 4.74 Å². The monoisotopic (exact) mass is 219 g/mol. The van der Waals surface area contributed by atoms with E-state index in [1.807, 2.05) is 37.3 Å². The molecule has 0 radical (unpaired) electrons. The highest BCUT2D eigenvalue weighted by atomic mass is 16.5. The molecule has 3 nitrogen and oxygen atoms in total. The Balaban J connectivity index is 2.17. The van der Waals surface area contributed by atoms with Gasteiger partial charge in [-0.15, -0.1) is 0 Å². The lowest BCUT2D eigenvalue weighted by atomic mass is 9.95. The molecule has 0 aromatic heterocycles. The summed E-state index contributed by atoms with van der Waals surface area (Å²) >= 11 is 0. The standard InChI is InChI=1S/C13H17NO2/c1-13(10-8-9-10,12(15)16-2)14-11-6-4-3-5-7-11/h3-7,10,14H,8-9H2,1-2H3. The van der Waals surface area contributed by atoms with Crippen molar-refractivity contribution in [3.8, 4) is 0 Å². The van der Waals surface area contributed by atoms with Crippen LogP contribution < -0.4 is 5.32 Å². The van der Waals surface area contributed by atoms with Crippen molar-refractivity contribution in [1.29, 1.82) is 0 Å². The highest BCUT2D eigenvalue weighted by Gasteiger charge is 2.48. The second-order valence-electron chi connectivity index (χ2n) is 4.46. The van der Waals surface area contributed by atoms with Crippen LogP contribution in [0, 0.1) is 5.92 Å². The van der Waals surface area contributed by atoms with Gasteiger partial charge in [-0.05, 0) is 37.8 Å². The fourth-order valence-corrected chi connectivity index (χ4v) is 2.01. The van der Waals surface area contributed by atoms with Crippen molar-refractivity contribution >= 4 is 11.7 Å². The largest absolute Gasteiger partial charge is 0.467 e. The van der Waals surface area contributed by atoms with Gasteiger partial charge in [-0.3, -0.25) is 0 Å². The van der Waals surface area contributed by atoms with Crippen LogP contribution in [0.1, 0.15) is 19.8 Å². The van der Waals surface area contributed by atoms with Crippen LogP contribution in [0.4, 0.5) is 5.69 Å². The van der Waals surface area contributed by atoms with Gasteiger partial charge in [0, 0.05) is 5.69 Å². The summed E-state index contributed by atoms with van der Waals surface area (Å²) in [6, 6.07) is 9.78. The summed E-state index contributed by atoms with van der Waals surface area (Å²) in [5, 5.41) is 3.29. The molecule has 1 unspecified atom stereocenters. The van der Waals surface area contributed by atoms with E-state index >= 15 is 0 Å². The van der Waals surface area contributed by atoms with Gasteiger partial charge in [0.2, 0.25) is 0 Å². The van der Waals surface area contributed by atoms with Crippen LogP contribution in [-0.2, 0) is 9.53 Å². The Hall–Kier alpha value is -1.51. The summed E-state index contributed by atoms with van der Waals surface area (Å²) in [7, 11) is 1.44. The molecule has 0 spiro atoms. The highest BCUT2D eigenvalue weighted by molar-refractivity contribution is 5.85. The normalized spacial score (nSPS) is 18.6. The lowest BCUT2D eigenvalue weighted by Gasteiger charge is -2.29. The van der Waals surface area contributed by atoms with E-state index < -0.39 is 5.54 Å². The van der Waals surface area contributed by atoms with Gasteiger partial charge >= 0.3 is 5.97 Å².